The first kappa shape index (κ1) is 20.6. The molecule has 1 aliphatic heterocycles. The topological polar surface area (TPSA) is 110 Å². The van der Waals surface area contributed by atoms with Gasteiger partial charge in [0.05, 0.1) is 15.9 Å². The summed E-state index contributed by atoms with van der Waals surface area (Å²) in [4.78, 5) is 36.7. The highest BCUT2D eigenvalue weighted by molar-refractivity contribution is 5.62. The number of aldehydes is 1. The van der Waals surface area contributed by atoms with Gasteiger partial charge in [-0.1, -0.05) is 24.3 Å². The zero-order chi connectivity index (χ0) is 20.8. The van der Waals surface area contributed by atoms with Crippen LogP contribution in [0.25, 0.3) is 0 Å². The lowest BCUT2D eigenvalue weighted by molar-refractivity contribution is -0.385. The van der Waals surface area contributed by atoms with Crippen molar-refractivity contribution in [3.63, 3.8) is 0 Å². The van der Waals surface area contributed by atoms with E-state index >= 15 is 0 Å². The molecule has 152 valence electrons. The highest BCUT2D eigenvalue weighted by Gasteiger charge is 2.25. The molecule has 0 N–H and O–H groups in total. The van der Waals surface area contributed by atoms with Crippen molar-refractivity contribution >= 4 is 17.7 Å². The molecule has 0 amide bonds. The smallest absolute Gasteiger partial charge is 0.269 e. The molecular formula is C20H22N4O5. The maximum Gasteiger partial charge on any atom is 0.269 e. The predicted molar refractivity (Wildman–Crippen MR) is 107 cm³/mol. The molecule has 0 radical (unpaired) electrons. The molecule has 1 unspecified atom stereocenters. The van der Waals surface area contributed by atoms with Crippen LogP contribution in [0.4, 0.5) is 11.4 Å². The van der Waals surface area contributed by atoms with Gasteiger partial charge in [-0.15, -0.1) is 0 Å². The highest BCUT2D eigenvalue weighted by atomic mass is 16.6. The van der Waals surface area contributed by atoms with E-state index in [1.54, 1.807) is 24.3 Å². The fourth-order valence-electron chi connectivity index (χ4n) is 3.51. The molecule has 1 saturated heterocycles. The molecule has 9 heteroatoms. The van der Waals surface area contributed by atoms with E-state index in [0.29, 0.717) is 0 Å². The fourth-order valence-corrected chi connectivity index (χ4v) is 3.51. The lowest BCUT2D eigenvalue weighted by Gasteiger charge is -2.37. The minimum absolute atomic E-state index is 0.00876. The number of non-ortho nitro benzene ring substituents is 2. The van der Waals surface area contributed by atoms with Gasteiger partial charge in [0.15, 0.2) is 0 Å². The van der Waals surface area contributed by atoms with Crippen LogP contribution in [0.2, 0.25) is 0 Å². The first-order valence-electron chi connectivity index (χ1n) is 9.37. The Bertz CT molecular complexity index is 861. The average molecular weight is 398 g/mol. The summed E-state index contributed by atoms with van der Waals surface area (Å²) in [6.45, 7) is 3.91. The number of benzene rings is 2. The van der Waals surface area contributed by atoms with E-state index in [1.807, 2.05) is 0 Å². The van der Waals surface area contributed by atoms with Gasteiger partial charge in [-0.25, -0.2) is 0 Å². The third kappa shape index (κ3) is 5.21. The summed E-state index contributed by atoms with van der Waals surface area (Å²) in [6.07, 6.45) is 1.69. The van der Waals surface area contributed by atoms with E-state index in [-0.39, 0.29) is 11.4 Å². The first-order chi connectivity index (χ1) is 14.0. The van der Waals surface area contributed by atoms with Gasteiger partial charge in [-0.05, 0) is 17.5 Å². The van der Waals surface area contributed by atoms with Crippen LogP contribution in [0.5, 0.6) is 0 Å². The molecule has 0 bridgehead atoms. The predicted octanol–water partition coefficient (Wildman–Crippen LogP) is 2.60. The van der Waals surface area contributed by atoms with Gasteiger partial charge in [-0.3, -0.25) is 25.1 Å². The van der Waals surface area contributed by atoms with Crippen LogP contribution in [0.15, 0.2) is 48.5 Å². The quantitative estimate of drug-likeness (QED) is 0.382. The summed E-state index contributed by atoms with van der Waals surface area (Å²) >= 11 is 0. The van der Waals surface area contributed by atoms with Crippen molar-refractivity contribution < 1.29 is 14.6 Å². The van der Waals surface area contributed by atoms with Crippen LogP contribution < -0.4 is 0 Å². The molecule has 1 fully saturated rings. The summed E-state index contributed by atoms with van der Waals surface area (Å²) in [5.74, 6) is 0. The van der Waals surface area contributed by atoms with Crippen LogP contribution in [-0.2, 0) is 11.2 Å². The number of nitro benzene ring substituents is 2. The zero-order valence-electron chi connectivity index (χ0n) is 15.8. The van der Waals surface area contributed by atoms with E-state index < -0.39 is 15.9 Å². The number of nitrogens with zero attached hydrogens (tertiary/aromatic N) is 4. The Morgan fingerprint density at radius 2 is 1.38 bits per heavy atom. The number of hydrogen-bond acceptors (Lipinski definition) is 7. The lowest BCUT2D eigenvalue weighted by atomic mass is 10.0. The van der Waals surface area contributed by atoms with E-state index in [2.05, 4.69) is 9.80 Å². The van der Waals surface area contributed by atoms with Crippen LogP contribution >= 0.6 is 0 Å². The molecule has 29 heavy (non-hydrogen) atoms. The van der Waals surface area contributed by atoms with Crippen molar-refractivity contribution in [1.29, 1.82) is 0 Å². The van der Waals surface area contributed by atoms with E-state index in [0.717, 1.165) is 56.6 Å². The SMILES string of the molecule is O=CC(c1ccc([N+](=O)[O-])cc1)N1CCN(CCc2ccc([N+](=O)[O-])cc2)CC1. The highest BCUT2D eigenvalue weighted by Crippen LogP contribution is 2.23. The monoisotopic (exact) mass is 398 g/mol. The average Bonchev–Trinajstić information content (AvgIpc) is 2.74. The second-order valence-electron chi connectivity index (χ2n) is 6.98. The third-order valence-electron chi connectivity index (χ3n) is 5.24. The number of rotatable bonds is 8. The van der Waals surface area contributed by atoms with Crippen molar-refractivity contribution in [2.24, 2.45) is 0 Å². The molecule has 1 heterocycles. The molecule has 2 aromatic rings. The molecule has 1 atom stereocenters. The summed E-state index contributed by atoms with van der Waals surface area (Å²) < 4.78 is 0. The van der Waals surface area contributed by atoms with Gasteiger partial charge < -0.3 is 9.69 Å². The van der Waals surface area contributed by atoms with Gasteiger partial charge >= 0.3 is 0 Å². The second-order valence-corrected chi connectivity index (χ2v) is 6.98. The van der Waals surface area contributed by atoms with Crippen molar-refractivity contribution in [1.82, 2.24) is 9.80 Å². The van der Waals surface area contributed by atoms with Crippen LogP contribution in [0.1, 0.15) is 17.2 Å². The van der Waals surface area contributed by atoms with Crippen molar-refractivity contribution in [3.05, 3.63) is 79.9 Å². The Hall–Kier alpha value is -3.17. The Labute approximate surface area is 167 Å². The van der Waals surface area contributed by atoms with Gasteiger partial charge in [0.1, 0.15) is 6.29 Å². The number of carbonyl (C=O) groups excluding carboxylic acids is 1. The Kier molecular flexibility index (Phi) is 6.63. The van der Waals surface area contributed by atoms with Crippen LogP contribution in [0.3, 0.4) is 0 Å². The Morgan fingerprint density at radius 1 is 0.862 bits per heavy atom. The molecule has 0 aliphatic carbocycles. The Balaban J connectivity index is 1.51. The molecule has 0 saturated carbocycles. The summed E-state index contributed by atoms with van der Waals surface area (Å²) in [6, 6.07) is 12.3. The number of carbonyl (C=O) groups is 1. The van der Waals surface area contributed by atoms with Gasteiger partial charge in [-0.2, -0.15) is 0 Å². The third-order valence-corrected chi connectivity index (χ3v) is 5.24. The minimum Gasteiger partial charge on any atom is -0.301 e. The minimum atomic E-state index is -0.455. The van der Waals surface area contributed by atoms with E-state index in [1.165, 1.54) is 24.3 Å². The van der Waals surface area contributed by atoms with Gasteiger partial charge in [0.2, 0.25) is 0 Å². The van der Waals surface area contributed by atoms with Gasteiger partial charge in [0.25, 0.3) is 11.4 Å². The van der Waals surface area contributed by atoms with Crippen molar-refractivity contribution in [2.75, 3.05) is 32.7 Å². The molecule has 0 spiro atoms. The van der Waals surface area contributed by atoms with E-state index in [9.17, 15) is 25.0 Å². The molecule has 1 aliphatic rings. The zero-order valence-corrected chi connectivity index (χ0v) is 15.8. The van der Waals surface area contributed by atoms with Crippen LogP contribution in [-0.4, -0.2) is 58.7 Å². The molecule has 9 nitrogen and oxygen atoms in total. The standard InChI is InChI=1S/C20H22N4O5/c25-15-20(17-3-7-19(8-4-17)24(28)29)22-13-11-21(12-14-22)10-9-16-1-5-18(6-2-16)23(26)27/h1-8,15,20H,9-14H2. The molecule has 2 aromatic carbocycles. The summed E-state index contributed by atoms with van der Waals surface area (Å²) in [7, 11) is 0. The number of nitro groups is 2. The largest absolute Gasteiger partial charge is 0.301 e. The number of hydrogen-bond donors (Lipinski definition) is 0. The summed E-state index contributed by atoms with van der Waals surface area (Å²) in [5.41, 5.74) is 1.91. The first-order valence-corrected chi connectivity index (χ1v) is 9.37. The van der Waals surface area contributed by atoms with Crippen molar-refractivity contribution in [2.45, 2.75) is 12.5 Å². The maximum absolute atomic E-state index is 11.7. The molecule has 0 aromatic heterocycles. The molecular weight excluding hydrogens is 376 g/mol. The second kappa shape index (κ2) is 9.35. The normalized spacial score (nSPS) is 16.3. The van der Waals surface area contributed by atoms with E-state index in [4.69, 9.17) is 0 Å². The summed E-state index contributed by atoms with van der Waals surface area (Å²) in [5, 5.41) is 21.5. The number of piperazine rings is 1. The van der Waals surface area contributed by atoms with Crippen molar-refractivity contribution in [3.8, 4) is 0 Å². The van der Waals surface area contributed by atoms with Gasteiger partial charge in [0, 0.05) is 57.0 Å². The Morgan fingerprint density at radius 3 is 1.86 bits per heavy atom. The lowest BCUT2D eigenvalue weighted by Crippen LogP contribution is -2.48. The fraction of sp³-hybridized carbons (Fsp3) is 0.350. The maximum atomic E-state index is 11.7. The molecule has 3 rings (SSSR count). The van der Waals surface area contributed by atoms with Crippen LogP contribution in [0, 0.1) is 20.2 Å².